The largest absolute Gasteiger partial charge is 0.487 e. The zero-order valence-electron chi connectivity index (χ0n) is 30.4. The molecule has 0 aliphatic carbocycles. The third-order valence-corrected chi connectivity index (χ3v) is 9.26. The summed E-state index contributed by atoms with van der Waals surface area (Å²) in [5.74, 6) is 3.24. The van der Waals surface area contributed by atoms with Crippen LogP contribution in [0.1, 0.15) is 26.3 Å². The maximum Gasteiger partial charge on any atom is 0.182 e. The Morgan fingerprint density at radius 3 is 0.981 bits per heavy atom. The second-order valence-electron chi connectivity index (χ2n) is 14.1. The van der Waals surface area contributed by atoms with Gasteiger partial charge in [0.2, 0.25) is 0 Å². The summed E-state index contributed by atoms with van der Waals surface area (Å²) >= 11 is 0. The Kier molecular flexibility index (Phi) is 10.7. The highest BCUT2D eigenvalue weighted by Crippen LogP contribution is 2.31. The van der Waals surface area contributed by atoms with E-state index in [0.29, 0.717) is 26.4 Å². The van der Waals surface area contributed by atoms with Crippen LogP contribution < -0.4 is 37.2 Å². The Bertz CT molecular complexity index is 1920. The molecule has 6 aromatic rings. The van der Waals surface area contributed by atoms with Gasteiger partial charge in [0.05, 0.1) is 0 Å². The average molecular weight is 697 g/mol. The van der Waals surface area contributed by atoms with Gasteiger partial charge in [0.1, 0.15) is 49.4 Å². The van der Waals surface area contributed by atoms with Crippen LogP contribution in [-0.4, -0.2) is 26.4 Å². The molecule has 4 aromatic heterocycles. The molecule has 0 spiro atoms. The van der Waals surface area contributed by atoms with E-state index in [9.17, 15) is 0 Å². The van der Waals surface area contributed by atoms with Crippen molar-refractivity contribution in [1.29, 1.82) is 0 Å². The SMILES string of the molecule is CC(C)(C)c1cc2cc(c1)OCC[n+]1ccc(cc1)-c1cc[n+](cc1)CCOc1cccc(c1)OCC[n+]1ccc(cc1)-c1cc[n+](cc1)CCO2. The maximum absolute atomic E-state index is 6.29. The Morgan fingerprint density at radius 1 is 0.385 bits per heavy atom. The van der Waals surface area contributed by atoms with E-state index in [1.54, 1.807) is 0 Å². The fraction of sp³-hybridized carbons (Fsp3) is 0.273. The van der Waals surface area contributed by atoms with Gasteiger partial charge in [0.25, 0.3) is 0 Å². The van der Waals surface area contributed by atoms with E-state index >= 15 is 0 Å². The minimum absolute atomic E-state index is 0.0396. The molecule has 0 saturated carbocycles. The van der Waals surface area contributed by atoms with Gasteiger partial charge in [-0.1, -0.05) is 26.8 Å². The van der Waals surface area contributed by atoms with Crippen molar-refractivity contribution < 1.29 is 37.2 Å². The fourth-order valence-electron chi connectivity index (χ4n) is 6.10. The number of hydrogen-bond acceptors (Lipinski definition) is 4. The summed E-state index contributed by atoms with van der Waals surface area (Å²) < 4.78 is 33.3. The van der Waals surface area contributed by atoms with Crippen molar-refractivity contribution >= 4 is 0 Å². The van der Waals surface area contributed by atoms with Crippen LogP contribution in [0.5, 0.6) is 23.0 Å². The topological polar surface area (TPSA) is 52.4 Å². The molecule has 8 heteroatoms. The minimum Gasteiger partial charge on any atom is -0.487 e. The van der Waals surface area contributed by atoms with Gasteiger partial charge in [0, 0.05) is 60.7 Å². The lowest BCUT2D eigenvalue weighted by molar-refractivity contribution is -0.697. The van der Waals surface area contributed by atoms with Crippen molar-refractivity contribution in [2.75, 3.05) is 26.4 Å². The fourth-order valence-corrected chi connectivity index (χ4v) is 6.10. The molecule has 2 aromatic carbocycles. The molecule has 0 N–H and O–H groups in total. The zero-order chi connectivity index (χ0) is 35.8. The summed E-state index contributed by atoms with van der Waals surface area (Å²) in [6.07, 6.45) is 16.8. The van der Waals surface area contributed by atoms with E-state index < -0.39 is 0 Å². The van der Waals surface area contributed by atoms with Crippen molar-refractivity contribution in [3.63, 3.8) is 0 Å². The summed E-state index contributed by atoms with van der Waals surface area (Å²) in [4.78, 5) is 0. The number of aromatic nitrogens is 4. The van der Waals surface area contributed by atoms with Gasteiger partial charge in [-0.15, -0.1) is 0 Å². The lowest BCUT2D eigenvalue weighted by Crippen LogP contribution is -2.36. The van der Waals surface area contributed by atoms with Crippen molar-refractivity contribution in [1.82, 2.24) is 0 Å². The van der Waals surface area contributed by atoms with E-state index in [-0.39, 0.29) is 5.41 Å². The van der Waals surface area contributed by atoms with Gasteiger partial charge in [-0.05, 0) is 57.5 Å². The quantitative estimate of drug-likeness (QED) is 0.180. The van der Waals surface area contributed by atoms with Crippen LogP contribution in [0.15, 0.2) is 141 Å². The lowest BCUT2D eigenvalue weighted by atomic mass is 9.87. The third-order valence-electron chi connectivity index (χ3n) is 9.26. The second-order valence-corrected chi connectivity index (χ2v) is 14.1. The predicted octanol–water partition coefficient (Wildman–Crippen LogP) is 6.10. The first-order valence-corrected chi connectivity index (χ1v) is 18.1. The lowest BCUT2D eigenvalue weighted by Gasteiger charge is -2.21. The molecule has 11 heterocycles. The molecule has 52 heavy (non-hydrogen) atoms. The van der Waals surface area contributed by atoms with Gasteiger partial charge in [-0.3, -0.25) is 0 Å². The van der Waals surface area contributed by atoms with Crippen LogP contribution >= 0.6 is 0 Å². The highest BCUT2D eigenvalue weighted by atomic mass is 16.5. The molecule has 0 atom stereocenters. The Balaban J connectivity index is 1.07. The molecular formula is C44H48N4O4+4. The summed E-state index contributed by atoms with van der Waals surface area (Å²) in [5.41, 5.74) is 5.80. The van der Waals surface area contributed by atoms with Crippen molar-refractivity contribution in [2.45, 2.75) is 52.4 Å². The van der Waals surface area contributed by atoms with E-state index in [4.69, 9.17) is 18.9 Å². The van der Waals surface area contributed by atoms with Gasteiger partial charge in [0.15, 0.2) is 75.8 Å². The van der Waals surface area contributed by atoms with Crippen LogP contribution in [0.2, 0.25) is 0 Å². The maximum atomic E-state index is 6.29. The molecule has 0 amide bonds. The summed E-state index contributed by atoms with van der Waals surface area (Å²) in [5, 5.41) is 0. The van der Waals surface area contributed by atoms with Crippen LogP contribution in [0.3, 0.4) is 0 Å². The number of hydrogen-bond donors (Lipinski definition) is 0. The standard InChI is InChI=1S/C44H48N4O4/c1-44(2,3)39-31-42-34-43(32-39)52-30-26-48-21-13-38(14-22-48)36-9-17-46(18-10-36)24-28-50-41-6-4-5-40(33-41)49-27-23-45-15-7-35(8-16-45)37-11-19-47(20-12-37)25-29-51-42/h4-22,31-34H,23-30H2,1-3H3/q+4. The van der Waals surface area contributed by atoms with Crippen molar-refractivity contribution in [3.8, 4) is 45.3 Å². The van der Waals surface area contributed by atoms with E-state index in [1.165, 1.54) is 27.8 Å². The van der Waals surface area contributed by atoms with Gasteiger partial charge < -0.3 is 18.9 Å². The minimum atomic E-state index is -0.0396. The van der Waals surface area contributed by atoms with Crippen molar-refractivity contribution in [2.24, 2.45) is 0 Å². The number of pyridine rings is 4. The monoisotopic (exact) mass is 696 g/mol. The van der Waals surface area contributed by atoms with Crippen molar-refractivity contribution in [3.05, 3.63) is 146 Å². The number of nitrogens with zero attached hydrogens (tertiary/aromatic N) is 4. The molecule has 0 fully saturated rings. The second kappa shape index (κ2) is 16.1. The Morgan fingerprint density at radius 2 is 0.673 bits per heavy atom. The Labute approximate surface area is 306 Å². The van der Waals surface area contributed by atoms with Gasteiger partial charge in [-0.25, -0.2) is 18.3 Å². The molecule has 7 aliphatic heterocycles. The first kappa shape index (κ1) is 34.7. The smallest absolute Gasteiger partial charge is 0.182 e. The zero-order valence-corrected chi connectivity index (χ0v) is 30.4. The first-order valence-electron chi connectivity index (χ1n) is 18.1. The molecule has 12 bridgehead atoms. The number of benzene rings is 2. The molecule has 7 aliphatic rings. The highest BCUT2D eigenvalue weighted by molar-refractivity contribution is 5.61. The molecule has 0 unspecified atom stereocenters. The predicted molar refractivity (Wildman–Crippen MR) is 198 cm³/mol. The highest BCUT2D eigenvalue weighted by Gasteiger charge is 2.17. The molecule has 8 nitrogen and oxygen atoms in total. The third kappa shape index (κ3) is 9.31. The number of rotatable bonds is 0. The molecule has 0 saturated heterocycles. The average Bonchev–Trinajstić information content (AvgIpc) is 3.16. The molecule has 264 valence electrons. The summed E-state index contributed by atoms with van der Waals surface area (Å²) in [6.45, 7) is 11.8. The Hall–Kier alpha value is -5.76. The summed E-state index contributed by atoms with van der Waals surface area (Å²) in [7, 11) is 0. The van der Waals surface area contributed by atoms with E-state index in [1.807, 2.05) is 30.3 Å². The molecule has 0 radical (unpaired) electrons. The van der Waals surface area contributed by atoms with Crippen LogP contribution in [0.4, 0.5) is 0 Å². The van der Waals surface area contributed by atoms with Gasteiger partial charge >= 0.3 is 0 Å². The normalized spacial score (nSPS) is 14.1. The van der Waals surface area contributed by atoms with Gasteiger partial charge in [-0.2, -0.15) is 0 Å². The van der Waals surface area contributed by atoms with Crippen LogP contribution in [-0.2, 0) is 31.6 Å². The van der Waals surface area contributed by atoms with E-state index in [2.05, 4.69) is 149 Å². The molecule has 13 rings (SSSR count). The molecular weight excluding hydrogens is 649 g/mol. The first-order chi connectivity index (χ1) is 25.3. The van der Waals surface area contributed by atoms with Crippen LogP contribution in [0, 0.1) is 0 Å². The van der Waals surface area contributed by atoms with Crippen LogP contribution in [0.25, 0.3) is 22.3 Å². The van der Waals surface area contributed by atoms with E-state index in [0.717, 1.165) is 49.2 Å². The number of ether oxygens (including phenoxy) is 4. The summed E-state index contributed by atoms with van der Waals surface area (Å²) in [6, 6.07) is 31.3.